The van der Waals surface area contributed by atoms with Crippen molar-refractivity contribution >= 4 is 11.4 Å². The summed E-state index contributed by atoms with van der Waals surface area (Å²) < 4.78 is 0. The topological polar surface area (TPSA) is 6.48 Å². The van der Waals surface area contributed by atoms with E-state index in [1.165, 1.54) is 61.4 Å². The summed E-state index contributed by atoms with van der Waals surface area (Å²) in [5.41, 5.74) is 14.0. The van der Waals surface area contributed by atoms with Crippen molar-refractivity contribution in [3.63, 3.8) is 0 Å². The fraction of sp³-hybridized carbons (Fsp3) is 0.0857. The molecule has 37 heavy (non-hydrogen) atoms. The number of fused-ring (bicyclic) bond motifs is 8. The van der Waals surface area contributed by atoms with Gasteiger partial charge in [-0.1, -0.05) is 91.0 Å². The number of aryl methyl sites for hydroxylation is 1. The zero-order valence-electron chi connectivity index (χ0n) is 21.1. The lowest BCUT2D eigenvalue weighted by Crippen LogP contribution is -2.36. The molecule has 0 aromatic heterocycles. The summed E-state index contributed by atoms with van der Waals surface area (Å²) in [6.07, 6.45) is 4.58. The quantitative estimate of drug-likeness (QED) is 0.246. The van der Waals surface area contributed by atoms with Crippen LogP contribution in [0.15, 0.2) is 128 Å². The van der Waals surface area contributed by atoms with Crippen LogP contribution in [-0.2, 0) is 0 Å². The maximum absolute atomic E-state index is 2.41. The van der Waals surface area contributed by atoms with Crippen molar-refractivity contribution in [3.8, 4) is 44.5 Å². The molecule has 0 unspecified atom stereocenters. The Morgan fingerprint density at radius 2 is 0.865 bits per heavy atom. The zero-order valence-corrected chi connectivity index (χ0v) is 21.1. The summed E-state index contributed by atoms with van der Waals surface area (Å²) >= 11 is 0. The molecule has 0 radical (unpaired) electrons. The molecule has 0 fully saturated rings. The van der Waals surface area contributed by atoms with Gasteiger partial charge in [0.15, 0.2) is 0 Å². The summed E-state index contributed by atoms with van der Waals surface area (Å²) in [4.78, 5) is 4.72. The Bertz CT molecular complexity index is 1660. The lowest BCUT2D eigenvalue weighted by molar-refractivity contribution is 0.748. The van der Waals surface area contributed by atoms with Gasteiger partial charge >= 0.3 is 0 Å². The largest absolute Gasteiger partial charge is 0.326 e. The molecule has 1 heterocycles. The molecule has 0 bridgehead atoms. The zero-order chi connectivity index (χ0) is 24.9. The van der Waals surface area contributed by atoms with Crippen LogP contribution in [0.3, 0.4) is 0 Å². The summed E-state index contributed by atoms with van der Waals surface area (Å²) in [5, 5.41) is 0. The van der Waals surface area contributed by atoms with Crippen LogP contribution in [0.2, 0.25) is 0 Å². The number of anilines is 2. The second-order valence-corrected chi connectivity index (χ2v) is 9.90. The van der Waals surface area contributed by atoms with E-state index in [0.717, 1.165) is 0 Å². The Labute approximate surface area is 218 Å². The minimum absolute atomic E-state index is 0.177. The minimum atomic E-state index is 0.177. The van der Waals surface area contributed by atoms with Gasteiger partial charge in [0.05, 0.1) is 0 Å². The molecule has 0 spiro atoms. The molecule has 1 atom stereocenters. The van der Waals surface area contributed by atoms with Crippen LogP contribution in [0.25, 0.3) is 44.5 Å². The van der Waals surface area contributed by atoms with Crippen LogP contribution in [0, 0.1) is 6.92 Å². The van der Waals surface area contributed by atoms with Crippen molar-refractivity contribution in [2.75, 3.05) is 9.80 Å². The summed E-state index contributed by atoms with van der Waals surface area (Å²) in [5.74, 6) is 0. The number of hydrogen-bond donors (Lipinski definition) is 0. The van der Waals surface area contributed by atoms with E-state index >= 15 is 0 Å². The molecule has 1 aliphatic carbocycles. The Hall–Kier alpha value is -4.56. The highest BCUT2D eigenvalue weighted by Crippen LogP contribution is 2.49. The monoisotopic (exact) mass is 476 g/mol. The van der Waals surface area contributed by atoms with E-state index in [-0.39, 0.29) is 6.17 Å². The van der Waals surface area contributed by atoms with Crippen LogP contribution in [0.4, 0.5) is 11.4 Å². The van der Waals surface area contributed by atoms with Crippen molar-refractivity contribution in [1.29, 1.82) is 0 Å². The van der Waals surface area contributed by atoms with Crippen molar-refractivity contribution < 1.29 is 0 Å². The number of nitrogens with zero attached hydrogens (tertiary/aromatic N) is 2. The van der Waals surface area contributed by atoms with Gasteiger partial charge in [0.25, 0.3) is 0 Å². The molecule has 2 aliphatic rings. The van der Waals surface area contributed by atoms with Crippen LogP contribution < -0.4 is 9.80 Å². The SMILES string of the molecule is Cc1cc2c(cc1N1C=CN(c3ccccc3)[C@@H]1C)-c1ccccc1-c1ccccc1-c1ccccc1-2. The van der Waals surface area contributed by atoms with E-state index in [1.54, 1.807) is 0 Å². The predicted molar refractivity (Wildman–Crippen MR) is 156 cm³/mol. The average molecular weight is 477 g/mol. The number of hydrogen-bond acceptors (Lipinski definition) is 2. The molecule has 178 valence electrons. The summed E-state index contributed by atoms with van der Waals surface area (Å²) in [7, 11) is 0. The lowest BCUT2D eigenvalue weighted by atomic mass is 9.80. The second-order valence-electron chi connectivity index (χ2n) is 9.90. The number of para-hydroxylation sites is 1. The molecule has 0 saturated heterocycles. The third kappa shape index (κ3) is 3.41. The fourth-order valence-electron chi connectivity index (χ4n) is 5.99. The van der Waals surface area contributed by atoms with Gasteiger partial charge in [0, 0.05) is 23.8 Å². The van der Waals surface area contributed by atoms with Crippen molar-refractivity contribution in [1.82, 2.24) is 0 Å². The fourth-order valence-corrected chi connectivity index (χ4v) is 5.99. The van der Waals surface area contributed by atoms with Gasteiger partial charge in [-0.05, 0) is 88.2 Å². The maximum atomic E-state index is 2.41. The van der Waals surface area contributed by atoms with Crippen LogP contribution >= 0.6 is 0 Å². The van der Waals surface area contributed by atoms with Crippen LogP contribution in [-0.4, -0.2) is 6.17 Å². The lowest BCUT2D eigenvalue weighted by Gasteiger charge is -2.32. The first-order valence-corrected chi connectivity index (χ1v) is 12.9. The highest BCUT2D eigenvalue weighted by atomic mass is 15.4. The van der Waals surface area contributed by atoms with Gasteiger partial charge in [-0.3, -0.25) is 0 Å². The highest BCUT2D eigenvalue weighted by molar-refractivity contribution is 6.04. The molecule has 0 amide bonds. The molecule has 2 heteroatoms. The van der Waals surface area contributed by atoms with E-state index in [0.29, 0.717) is 0 Å². The van der Waals surface area contributed by atoms with Gasteiger partial charge in [0.2, 0.25) is 0 Å². The van der Waals surface area contributed by atoms with E-state index < -0.39 is 0 Å². The van der Waals surface area contributed by atoms with Crippen molar-refractivity contribution in [2.24, 2.45) is 0 Å². The average Bonchev–Trinajstić information content (AvgIpc) is 3.33. The molecule has 7 rings (SSSR count). The molecule has 5 aromatic carbocycles. The van der Waals surface area contributed by atoms with Gasteiger partial charge in [-0.25, -0.2) is 0 Å². The van der Waals surface area contributed by atoms with E-state index in [4.69, 9.17) is 0 Å². The molecule has 0 N–H and O–H groups in total. The molecule has 5 aromatic rings. The molecule has 1 aliphatic heterocycles. The van der Waals surface area contributed by atoms with Crippen LogP contribution in [0.1, 0.15) is 12.5 Å². The van der Waals surface area contributed by atoms with Gasteiger partial charge in [0.1, 0.15) is 6.17 Å². The molecule has 2 nitrogen and oxygen atoms in total. The second kappa shape index (κ2) is 8.53. The molecular weight excluding hydrogens is 448 g/mol. The Morgan fingerprint density at radius 1 is 0.459 bits per heavy atom. The summed E-state index contributed by atoms with van der Waals surface area (Å²) in [6.45, 7) is 4.51. The van der Waals surface area contributed by atoms with Gasteiger partial charge in [-0.2, -0.15) is 0 Å². The first-order valence-electron chi connectivity index (χ1n) is 12.9. The number of rotatable bonds is 2. The van der Waals surface area contributed by atoms with Crippen LogP contribution in [0.5, 0.6) is 0 Å². The standard InChI is InChI=1S/C35H28N2/c1-24-22-33-31-18-10-8-16-29(31)27-14-6-7-15-28(27)30-17-9-11-19-32(30)34(33)23-35(24)37-21-20-36(25(37)2)26-12-4-3-5-13-26/h3-23,25H,1-2H3/t25-/m0/s1. The van der Waals surface area contributed by atoms with E-state index in [2.05, 4.69) is 151 Å². The van der Waals surface area contributed by atoms with Gasteiger partial charge < -0.3 is 9.80 Å². The van der Waals surface area contributed by atoms with E-state index in [9.17, 15) is 0 Å². The maximum Gasteiger partial charge on any atom is 0.107 e. The molecule has 0 saturated carbocycles. The number of benzene rings is 5. The van der Waals surface area contributed by atoms with Crippen molar-refractivity contribution in [3.05, 3.63) is 133 Å². The van der Waals surface area contributed by atoms with Crippen molar-refractivity contribution in [2.45, 2.75) is 20.0 Å². The van der Waals surface area contributed by atoms with E-state index in [1.807, 2.05) is 0 Å². The van der Waals surface area contributed by atoms with Gasteiger partial charge in [-0.15, -0.1) is 0 Å². The first-order chi connectivity index (χ1) is 18.2. The third-order valence-corrected chi connectivity index (χ3v) is 7.80. The Kier molecular flexibility index (Phi) is 5.00. The molecular formula is C35H28N2. The normalized spacial score (nSPS) is 15.4. The smallest absolute Gasteiger partial charge is 0.107 e. The Balaban J connectivity index is 1.45. The Morgan fingerprint density at radius 3 is 1.38 bits per heavy atom. The first kappa shape index (κ1) is 21.7. The highest BCUT2D eigenvalue weighted by Gasteiger charge is 2.28. The predicted octanol–water partition coefficient (Wildman–Crippen LogP) is 9.12. The summed E-state index contributed by atoms with van der Waals surface area (Å²) in [6, 6.07) is 41.9. The third-order valence-electron chi connectivity index (χ3n) is 7.80. The minimum Gasteiger partial charge on any atom is -0.326 e.